The molecule has 162 valence electrons. The minimum Gasteiger partial charge on any atom is -0.280 e. The fraction of sp³-hybridized carbons (Fsp3) is 0.105. The molecule has 3 rings (SSSR count). The summed E-state index contributed by atoms with van der Waals surface area (Å²) in [5.74, 6) is -1.05. The lowest BCUT2D eigenvalue weighted by atomic mass is 10.2. The van der Waals surface area contributed by atoms with Crippen LogP contribution in [0.5, 0.6) is 0 Å². The first kappa shape index (κ1) is 23.0. The van der Waals surface area contributed by atoms with Crippen LogP contribution in [-0.2, 0) is 21.2 Å². The molecule has 0 fully saturated rings. The predicted molar refractivity (Wildman–Crippen MR) is 120 cm³/mol. The van der Waals surface area contributed by atoms with Crippen molar-refractivity contribution >= 4 is 62.1 Å². The lowest BCUT2D eigenvalue weighted by Gasteiger charge is -2.11. The molecule has 12 heteroatoms. The number of rotatable bonds is 6. The Morgan fingerprint density at radius 1 is 1.06 bits per heavy atom. The van der Waals surface area contributed by atoms with Crippen LogP contribution in [0.15, 0.2) is 52.7 Å². The maximum Gasteiger partial charge on any atom is 0.269 e. The highest BCUT2D eigenvalue weighted by molar-refractivity contribution is 7.92. The molecule has 0 bridgehead atoms. The molecule has 31 heavy (non-hydrogen) atoms. The minimum atomic E-state index is -3.95. The van der Waals surface area contributed by atoms with E-state index in [0.29, 0.717) is 5.69 Å². The molecule has 0 saturated heterocycles. The third kappa shape index (κ3) is 6.17. The normalized spacial score (nSPS) is 11.1. The molecule has 2 aromatic carbocycles. The Kier molecular flexibility index (Phi) is 7.16. The van der Waals surface area contributed by atoms with E-state index in [1.54, 1.807) is 5.38 Å². The van der Waals surface area contributed by atoms with Crippen LogP contribution in [-0.4, -0.2) is 25.2 Å². The molecule has 3 N–H and O–H groups in total. The van der Waals surface area contributed by atoms with Crippen molar-refractivity contribution in [3.05, 3.63) is 74.2 Å². The van der Waals surface area contributed by atoms with Gasteiger partial charge in [-0.05, 0) is 43.3 Å². The molecule has 0 aliphatic rings. The summed E-state index contributed by atoms with van der Waals surface area (Å²) in [6.07, 6.45) is 0.0219. The minimum absolute atomic E-state index is 0.0219. The Balaban J connectivity index is 1.64. The molecule has 0 aliphatic heterocycles. The van der Waals surface area contributed by atoms with Crippen molar-refractivity contribution in [2.75, 3.05) is 4.72 Å². The molecule has 1 heterocycles. The number of anilines is 1. The lowest BCUT2D eigenvalue weighted by Crippen LogP contribution is -2.42. The smallest absolute Gasteiger partial charge is 0.269 e. The van der Waals surface area contributed by atoms with Crippen LogP contribution in [0.4, 0.5) is 5.69 Å². The first-order valence-corrected chi connectivity index (χ1v) is 11.8. The number of carbonyl (C=O) groups excluding carboxylic acids is 2. The number of nitrogens with zero attached hydrogens (tertiary/aromatic N) is 1. The number of hydrogen-bond donors (Lipinski definition) is 3. The maximum absolute atomic E-state index is 12.6. The highest BCUT2D eigenvalue weighted by atomic mass is 35.5. The van der Waals surface area contributed by atoms with Crippen molar-refractivity contribution < 1.29 is 18.0 Å². The average Bonchev–Trinajstić information content (AvgIpc) is 3.12. The topological polar surface area (TPSA) is 117 Å². The van der Waals surface area contributed by atoms with Gasteiger partial charge in [0.25, 0.3) is 15.9 Å². The number of aromatic nitrogens is 1. The van der Waals surface area contributed by atoms with Crippen molar-refractivity contribution in [2.24, 2.45) is 0 Å². The molecule has 2 amide bonds. The van der Waals surface area contributed by atoms with Crippen molar-refractivity contribution in [1.82, 2.24) is 15.8 Å². The average molecular weight is 499 g/mol. The van der Waals surface area contributed by atoms with E-state index >= 15 is 0 Å². The Labute approximate surface area is 192 Å². The van der Waals surface area contributed by atoms with Crippen molar-refractivity contribution in [3.63, 3.8) is 0 Å². The van der Waals surface area contributed by atoms with Gasteiger partial charge in [0.1, 0.15) is 0 Å². The van der Waals surface area contributed by atoms with Crippen molar-refractivity contribution in [2.45, 2.75) is 18.2 Å². The monoisotopic (exact) mass is 498 g/mol. The Morgan fingerprint density at radius 2 is 1.84 bits per heavy atom. The lowest BCUT2D eigenvalue weighted by molar-refractivity contribution is -0.121. The number of hydrogen-bond acceptors (Lipinski definition) is 6. The van der Waals surface area contributed by atoms with Gasteiger partial charge in [0.2, 0.25) is 5.91 Å². The summed E-state index contributed by atoms with van der Waals surface area (Å²) in [4.78, 5) is 28.4. The largest absolute Gasteiger partial charge is 0.280 e. The van der Waals surface area contributed by atoms with Crippen molar-refractivity contribution in [1.29, 1.82) is 0 Å². The van der Waals surface area contributed by atoms with Gasteiger partial charge in [-0.2, -0.15) is 0 Å². The number of hydrazine groups is 1. The molecule has 0 radical (unpaired) electrons. The van der Waals surface area contributed by atoms with Gasteiger partial charge in [0, 0.05) is 16.6 Å². The third-order valence-electron chi connectivity index (χ3n) is 3.90. The Bertz CT molecular complexity index is 1250. The fourth-order valence-corrected chi connectivity index (χ4v) is 4.53. The van der Waals surface area contributed by atoms with E-state index < -0.39 is 21.8 Å². The van der Waals surface area contributed by atoms with E-state index in [2.05, 4.69) is 20.6 Å². The quantitative estimate of drug-likeness (QED) is 0.449. The number of halogens is 2. The van der Waals surface area contributed by atoms with Gasteiger partial charge in [-0.1, -0.05) is 29.3 Å². The summed E-state index contributed by atoms with van der Waals surface area (Å²) in [5, 5.41) is 2.93. The highest BCUT2D eigenvalue weighted by Gasteiger charge is 2.17. The summed E-state index contributed by atoms with van der Waals surface area (Å²) in [5.41, 5.74) is 5.49. The number of thiazole rings is 1. The molecule has 0 unspecified atom stereocenters. The van der Waals surface area contributed by atoms with Crippen LogP contribution in [0.1, 0.15) is 21.1 Å². The summed E-state index contributed by atoms with van der Waals surface area (Å²) in [6.45, 7) is 1.83. The van der Waals surface area contributed by atoms with E-state index in [4.69, 9.17) is 23.2 Å². The molecular formula is C19H16Cl2N4O4S2. The second kappa shape index (κ2) is 9.65. The van der Waals surface area contributed by atoms with Gasteiger partial charge < -0.3 is 0 Å². The molecule has 3 aromatic rings. The van der Waals surface area contributed by atoms with Crippen LogP contribution in [0.3, 0.4) is 0 Å². The van der Waals surface area contributed by atoms with Crippen LogP contribution < -0.4 is 15.6 Å². The van der Waals surface area contributed by atoms with Gasteiger partial charge in [0.15, 0.2) is 0 Å². The van der Waals surface area contributed by atoms with Crippen LogP contribution in [0.25, 0.3) is 0 Å². The Hall–Kier alpha value is -2.66. The third-order valence-corrected chi connectivity index (χ3v) is 6.84. The number of carbonyl (C=O) groups is 2. The first-order valence-electron chi connectivity index (χ1n) is 8.72. The van der Waals surface area contributed by atoms with Crippen LogP contribution >= 0.6 is 34.5 Å². The summed E-state index contributed by atoms with van der Waals surface area (Å²) in [7, 11) is -3.95. The van der Waals surface area contributed by atoms with Crippen molar-refractivity contribution in [3.8, 4) is 0 Å². The van der Waals surface area contributed by atoms with Gasteiger partial charge in [-0.15, -0.1) is 11.3 Å². The number of nitrogens with one attached hydrogen (secondary N) is 3. The first-order chi connectivity index (χ1) is 14.6. The highest BCUT2D eigenvalue weighted by Crippen LogP contribution is 2.26. The molecule has 0 aliphatic carbocycles. The van der Waals surface area contributed by atoms with Gasteiger partial charge >= 0.3 is 0 Å². The fourth-order valence-electron chi connectivity index (χ4n) is 2.48. The molecule has 0 spiro atoms. The second-order valence-electron chi connectivity index (χ2n) is 6.30. The van der Waals surface area contributed by atoms with E-state index in [9.17, 15) is 18.0 Å². The van der Waals surface area contributed by atoms with Gasteiger partial charge in [0.05, 0.1) is 32.1 Å². The summed E-state index contributed by atoms with van der Waals surface area (Å²) in [6, 6.07) is 9.70. The van der Waals surface area contributed by atoms with E-state index in [1.165, 1.54) is 53.8 Å². The zero-order valence-corrected chi connectivity index (χ0v) is 19.1. The summed E-state index contributed by atoms with van der Waals surface area (Å²) < 4.78 is 27.5. The van der Waals surface area contributed by atoms with E-state index in [-0.39, 0.29) is 32.6 Å². The van der Waals surface area contributed by atoms with E-state index in [1.807, 2.05) is 6.92 Å². The van der Waals surface area contributed by atoms with Gasteiger partial charge in [-0.3, -0.25) is 25.2 Å². The Morgan fingerprint density at radius 3 is 2.52 bits per heavy atom. The number of amides is 2. The van der Waals surface area contributed by atoms with Crippen LogP contribution in [0.2, 0.25) is 10.0 Å². The summed E-state index contributed by atoms with van der Waals surface area (Å²) >= 11 is 13.1. The van der Waals surface area contributed by atoms with Crippen LogP contribution in [0, 0.1) is 6.92 Å². The molecule has 0 atom stereocenters. The maximum atomic E-state index is 12.6. The molecule has 0 saturated carbocycles. The number of benzene rings is 2. The zero-order valence-electron chi connectivity index (χ0n) is 16.0. The predicted octanol–water partition coefficient (Wildman–Crippen LogP) is 3.56. The second-order valence-corrected chi connectivity index (χ2v) is 9.86. The SMILES string of the molecule is Cc1nc(CC(=O)NNC(=O)c2cccc(NS(=O)(=O)c3ccc(Cl)c(Cl)c3)c2)cs1. The standard InChI is InChI=1S/C19H16Cl2N4O4S2/c1-11-22-14(10-30-11)8-18(26)23-24-19(27)12-3-2-4-13(7-12)25-31(28,29)15-5-6-16(20)17(21)9-15/h2-7,9-10,25H,8H2,1H3,(H,23,26)(H,24,27). The van der Waals surface area contributed by atoms with Gasteiger partial charge in [-0.25, -0.2) is 13.4 Å². The van der Waals surface area contributed by atoms with E-state index in [0.717, 1.165) is 5.01 Å². The molecule has 1 aromatic heterocycles. The number of sulfonamides is 1. The number of aryl methyl sites for hydroxylation is 1. The molecular weight excluding hydrogens is 483 g/mol. The molecule has 8 nitrogen and oxygen atoms in total. The zero-order chi connectivity index (χ0) is 22.6.